The average molecular weight is 619 g/mol. The minimum Gasteiger partial charge on any atom is -0.465 e. The maximum absolute atomic E-state index is 13.0. The normalized spacial score (nSPS) is 12.3. The molecule has 0 aliphatic heterocycles. The smallest absolute Gasteiger partial charge is 0.308 e. The summed E-state index contributed by atoms with van der Waals surface area (Å²) in [6, 6.07) is 0. The second-order valence-corrected chi connectivity index (χ2v) is 14.0. The van der Waals surface area contributed by atoms with Crippen LogP contribution in [0.25, 0.3) is 0 Å². The molecule has 2 nitrogen and oxygen atoms in total. The second-order valence-electron chi connectivity index (χ2n) is 14.0. The number of carbonyl (C=O) groups excluding carboxylic acids is 1. The molecule has 0 saturated heterocycles. The largest absolute Gasteiger partial charge is 0.465 e. The van der Waals surface area contributed by atoms with Crippen molar-refractivity contribution in [2.75, 3.05) is 6.61 Å². The third kappa shape index (κ3) is 34.1. The number of esters is 1. The summed E-state index contributed by atoms with van der Waals surface area (Å²) in [5.41, 5.74) is 0. The van der Waals surface area contributed by atoms with Gasteiger partial charge in [0.15, 0.2) is 0 Å². The first-order valence-electron chi connectivity index (χ1n) is 20.6. The predicted octanol–water partition coefficient (Wildman–Crippen LogP) is 15.0. The first kappa shape index (κ1) is 43.2. The maximum atomic E-state index is 13.0. The summed E-state index contributed by atoms with van der Waals surface area (Å²) < 4.78 is 5.80. The van der Waals surface area contributed by atoms with Crippen molar-refractivity contribution in [2.24, 2.45) is 5.92 Å². The van der Waals surface area contributed by atoms with E-state index in [-0.39, 0.29) is 11.9 Å². The van der Waals surface area contributed by atoms with Crippen LogP contribution in [-0.4, -0.2) is 12.6 Å². The van der Waals surface area contributed by atoms with E-state index in [9.17, 15) is 4.79 Å². The van der Waals surface area contributed by atoms with E-state index in [2.05, 4.69) is 32.9 Å². The van der Waals surface area contributed by atoms with Gasteiger partial charge in [-0.25, -0.2) is 0 Å². The lowest BCUT2D eigenvalue weighted by Crippen LogP contribution is -2.18. The highest BCUT2D eigenvalue weighted by Gasteiger charge is 2.19. The summed E-state index contributed by atoms with van der Waals surface area (Å²) in [5, 5.41) is 0. The van der Waals surface area contributed by atoms with Gasteiger partial charge >= 0.3 is 5.97 Å². The molecular formula is C42H82O2. The van der Waals surface area contributed by atoms with Crippen molar-refractivity contribution in [3.8, 4) is 0 Å². The van der Waals surface area contributed by atoms with Crippen LogP contribution < -0.4 is 0 Å². The third-order valence-electron chi connectivity index (χ3n) is 9.55. The Morgan fingerprint density at radius 3 is 1.07 bits per heavy atom. The van der Waals surface area contributed by atoms with Gasteiger partial charge in [0.1, 0.15) is 0 Å². The highest BCUT2D eigenvalue weighted by molar-refractivity contribution is 5.72. The van der Waals surface area contributed by atoms with Gasteiger partial charge in [0.05, 0.1) is 12.5 Å². The van der Waals surface area contributed by atoms with Crippen molar-refractivity contribution < 1.29 is 9.53 Å². The molecule has 0 aromatic rings. The van der Waals surface area contributed by atoms with Crippen LogP contribution >= 0.6 is 0 Å². The van der Waals surface area contributed by atoms with Gasteiger partial charge in [-0.15, -0.1) is 0 Å². The summed E-state index contributed by atoms with van der Waals surface area (Å²) >= 11 is 0. The van der Waals surface area contributed by atoms with Crippen molar-refractivity contribution in [3.05, 3.63) is 12.2 Å². The Balaban J connectivity index is 3.95. The number of rotatable bonds is 37. The Morgan fingerprint density at radius 1 is 0.409 bits per heavy atom. The van der Waals surface area contributed by atoms with Crippen LogP contribution in [0, 0.1) is 5.92 Å². The summed E-state index contributed by atoms with van der Waals surface area (Å²) in [5.74, 6) is 0.244. The summed E-state index contributed by atoms with van der Waals surface area (Å²) in [6.45, 7) is 7.47. The molecule has 0 saturated carbocycles. The lowest BCUT2D eigenvalue weighted by molar-refractivity contribution is -0.149. The topological polar surface area (TPSA) is 26.3 Å². The van der Waals surface area contributed by atoms with Gasteiger partial charge in [-0.1, -0.05) is 206 Å². The number of ether oxygens (including phenoxy) is 1. The van der Waals surface area contributed by atoms with Crippen molar-refractivity contribution in [2.45, 2.75) is 239 Å². The lowest BCUT2D eigenvalue weighted by Gasteiger charge is -2.16. The number of hydrogen-bond donors (Lipinski definition) is 0. The second kappa shape index (κ2) is 38.4. The molecule has 0 radical (unpaired) electrons. The first-order chi connectivity index (χ1) is 21.8. The van der Waals surface area contributed by atoms with Gasteiger partial charge < -0.3 is 4.74 Å². The highest BCUT2D eigenvalue weighted by atomic mass is 16.5. The van der Waals surface area contributed by atoms with Gasteiger partial charge in [-0.05, 0) is 44.9 Å². The molecule has 44 heavy (non-hydrogen) atoms. The zero-order chi connectivity index (χ0) is 32.0. The molecule has 0 amide bonds. The lowest BCUT2D eigenvalue weighted by atomic mass is 9.94. The van der Waals surface area contributed by atoms with Crippen LogP contribution in [0.1, 0.15) is 239 Å². The van der Waals surface area contributed by atoms with E-state index in [1.165, 1.54) is 199 Å². The Bertz CT molecular complexity index is 568. The summed E-state index contributed by atoms with van der Waals surface area (Å²) in [4.78, 5) is 13.0. The average Bonchev–Trinajstić information content (AvgIpc) is 3.03. The molecule has 0 aliphatic rings. The van der Waals surface area contributed by atoms with E-state index >= 15 is 0 Å². The quantitative estimate of drug-likeness (QED) is 0.0393. The monoisotopic (exact) mass is 619 g/mol. The van der Waals surface area contributed by atoms with E-state index in [1.54, 1.807) is 0 Å². The summed E-state index contributed by atoms with van der Waals surface area (Å²) in [6.07, 6.45) is 49.5. The van der Waals surface area contributed by atoms with Crippen LogP contribution in [0.4, 0.5) is 0 Å². The third-order valence-corrected chi connectivity index (χ3v) is 9.55. The molecule has 0 aromatic carbocycles. The molecule has 0 bridgehead atoms. The number of carbonyl (C=O) groups is 1. The molecule has 0 aromatic heterocycles. The molecular weight excluding hydrogens is 536 g/mol. The molecule has 0 aliphatic carbocycles. The van der Waals surface area contributed by atoms with Crippen molar-refractivity contribution in [3.63, 3.8) is 0 Å². The van der Waals surface area contributed by atoms with Gasteiger partial charge in [0.2, 0.25) is 0 Å². The Kier molecular flexibility index (Phi) is 37.7. The zero-order valence-electron chi connectivity index (χ0n) is 30.8. The molecule has 1 unspecified atom stereocenters. The highest BCUT2D eigenvalue weighted by Crippen LogP contribution is 2.22. The van der Waals surface area contributed by atoms with E-state index in [0.717, 1.165) is 19.3 Å². The minimum absolute atomic E-state index is 0.107. The Labute approximate surface area is 278 Å². The molecule has 0 fully saturated rings. The molecule has 0 rings (SSSR count). The fraction of sp³-hybridized carbons (Fsp3) is 0.929. The van der Waals surface area contributed by atoms with Crippen molar-refractivity contribution in [1.29, 1.82) is 0 Å². The maximum Gasteiger partial charge on any atom is 0.308 e. The molecule has 262 valence electrons. The van der Waals surface area contributed by atoms with Gasteiger partial charge in [-0.3, -0.25) is 4.79 Å². The van der Waals surface area contributed by atoms with Crippen LogP contribution in [0.2, 0.25) is 0 Å². The molecule has 1 atom stereocenters. The van der Waals surface area contributed by atoms with E-state index in [0.29, 0.717) is 6.61 Å². The molecule has 2 heteroatoms. The Morgan fingerprint density at radius 2 is 0.705 bits per heavy atom. The van der Waals surface area contributed by atoms with E-state index < -0.39 is 0 Å². The van der Waals surface area contributed by atoms with Gasteiger partial charge in [-0.2, -0.15) is 0 Å². The van der Waals surface area contributed by atoms with Gasteiger partial charge in [0, 0.05) is 0 Å². The van der Waals surface area contributed by atoms with Crippen molar-refractivity contribution >= 4 is 5.97 Å². The zero-order valence-corrected chi connectivity index (χ0v) is 30.8. The van der Waals surface area contributed by atoms with E-state index in [4.69, 9.17) is 4.74 Å². The van der Waals surface area contributed by atoms with Crippen LogP contribution in [-0.2, 0) is 9.53 Å². The fourth-order valence-corrected chi connectivity index (χ4v) is 6.42. The number of hydrogen-bond acceptors (Lipinski definition) is 2. The molecule has 0 N–H and O–H groups in total. The molecule has 0 heterocycles. The standard InChI is InChI=1S/C42H82O2/c1-4-7-10-13-16-18-20-21-22-23-24-25-26-27-29-31-33-36-39-41(42(43)44-40-37-34-15-12-9-6-3)38-35-32-30-28-19-17-14-11-8-5-2/h21-22,41H,4-20,23-40H2,1-3H3/b22-21-. The minimum atomic E-state index is 0.107. The summed E-state index contributed by atoms with van der Waals surface area (Å²) in [7, 11) is 0. The van der Waals surface area contributed by atoms with Crippen molar-refractivity contribution in [1.82, 2.24) is 0 Å². The van der Waals surface area contributed by atoms with Crippen LogP contribution in [0.5, 0.6) is 0 Å². The van der Waals surface area contributed by atoms with Crippen LogP contribution in [0.15, 0.2) is 12.2 Å². The van der Waals surface area contributed by atoms with Gasteiger partial charge in [0.25, 0.3) is 0 Å². The number of unbranched alkanes of at least 4 members (excludes halogenated alkanes) is 28. The van der Waals surface area contributed by atoms with E-state index in [1.807, 2.05) is 0 Å². The first-order valence-corrected chi connectivity index (χ1v) is 20.6. The fourth-order valence-electron chi connectivity index (χ4n) is 6.42. The predicted molar refractivity (Wildman–Crippen MR) is 198 cm³/mol. The number of allylic oxidation sites excluding steroid dienone is 2. The Hall–Kier alpha value is -0.790. The SMILES string of the molecule is CCCCCCCC/C=C\CCCCCCCCCCC(CCCCCCCCCCCC)C(=O)OCCCCCCCC. The van der Waals surface area contributed by atoms with Crippen LogP contribution in [0.3, 0.4) is 0 Å². The molecule has 0 spiro atoms.